The van der Waals surface area contributed by atoms with Crippen LogP contribution in [0, 0.1) is 6.92 Å². The number of thiocarbonyl (C=S) groups is 1. The van der Waals surface area contributed by atoms with Crippen molar-refractivity contribution in [2.75, 3.05) is 24.5 Å². The first-order chi connectivity index (χ1) is 14.9. The van der Waals surface area contributed by atoms with E-state index in [4.69, 9.17) is 22.3 Å². The summed E-state index contributed by atoms with van der Waals surface area (Å²) >= 11 is 6.46. The van der Waals surface area contributed by atoms with Crippen molar-refractivity contribution in [1.82, 2.24) is 14.3 Å². The van der Waals surface area contributed by atoms with Crippen molar-refractivity contribution in [3.05, 3.63) is 44.7 Å². The summed E-state index contributed by atoms with van der Waals surface area (Å²) in [7, 11) is 0. The van der Waals surface area contributed by atoms with Crippen molar-refractivity contribution < 1.29 is 14.7 Å². The molecule has 0 bridgehead atoms. The fourth-order valence-electron chi connectivity index (χ4n) is 3.81. The summed E-state index contributed by atoms with van der Waals surface area (Å²) in [5, 5.41) is 8.84. The van der Waals surface area contributed by atoms with Gasteiger partial charge in [-0.25, -0.2) is 4.98 Å². The maximum atomic E-state index is 13.4. The summed E-state index contributed by atoms with van der Waals surface area (Å²) < 4.78 is 1.88. The number of aromatic nitrogens is 2. The Balaban J connectivity index is 1.76. The van der Waals surface area contributed by atoms with Gasteiger partial charge < -0.3 is 10.0 Å². The molecular formula is C21H22N4O4S2. The second-order valence-corrected chi connectivity index (χ2v) is 9.24. The predicted molar refractivity (Wildman–Crippen MR) is 124 cm³/mol. The Morgan fingerprint density at radius 2 is 2.06 bits per heavy atom. The smallest absolute Gasteiger partial charge is 0.303 e. The summed E-state index contributed by atoms with van der Waals surface area (Å²) in [6.45, 7) is 3.77. The van der Waals surface area contributed by atoms with Crippen LogP contribution in [0.4, 0.5) is 5.82 Å². The van der Waals surface area contributed by atoms with Gasteiger partial charge in [0.15, 0.2) is 0 Å². The maximum Gasteiger partial charge on any atom is 0.303 e. The predicted octanol–water partition coefficient (Wildman–Crippen LogP) is 2.67. The van der Waals surface area contributed by atoms with E-state index in [2.05, 4.69) is 4.90 Å². The number of fused-ring (bicyclic) bond motifs is 1. The molecule has 8 nitrogen and oxygen atoms in total. The lowest BCUT2D eigenvalue weighted by atomic mass is 10.2. The number of amides is 1. The van der Waals surface area contributed by atoms with Crippen LogP contribution in [-0.4, -0.2) is 55.2 Å². The first-order valence-electron chi connectivity index (χ1n) is 10.1. The number of rotatable bonds is 6. The minimum atomic E-state index is -0.915. The molecule has 0 unspecified atom stereocenters. The number of carbonyl (C=O) groups is 2. The quantitative estimate of drug-likeness (QED) is 0.522. The molecule has 0 aromatic carbocycles. The van der Waals surface area contributed by atoms with Crippen molar-refractivity contribution in [2.45, 2.75) is 32.6 Å². The van der Waals surface area contributed by atoms with Gasteiger partial charge in [0, 0.05) is 32.3 Å². The van der Waals surface area contributed by atoms with Gasteiger partial charge in [-0.05, 0) is 43.9 Å². The molecule has 31 heavy (non-hydrogen) atoms. The zero-order valence-corrected chi connectivity index (χ0v) is 18.7. The van der Waals surface area contributed by atoms with E-state index < -0.39 is 5.97 Å². The van der Waals surface area contributed by atoms with Gasteiger partial charge in [-0.3, -0.25) is 23.7 Å². The number of hydrogen-bond acceptors (Lipinski definition) is 7. The zero-order chi connectivity index (χ0) is 22.1. The number of hydrogen-bond donors (Lipinski definition) is 1. The lowest BCUT2D eigenvalue weighted by Gasteiger charge is -2.20. The molecule has 2 aliphatic rings. The van der Waals surface area contributed by atoms with Crippen LogP contribution in [0.1, 0.15) is 36.8 Å². The molecule has 2 fully saturated rings. The molecule has 0 atom stereocenters. The first kappa shape index (κ1) is 21.5. The highest BCUT2D eigenvalue weighted by molar-refractivity contribution is 8.26. The van der Waals surface area contributed by atoms with Gasteiger partial charge in [0.25, 0.3) is 11.5 Å². The second-order valence-electron chi connectivity index (χ2n) is 7.56. The minimum Gasteiger partial charge on any atom is -0.481 e. The normalized spacial score (nSPS) is 18.0. The molecular weight excluding hydrogens is 436 g/mol. The van der Waals surface area contributed by atoms with Crippen LogP contribution >= 0.6 is 24.0 Å². The Labute approximate surface area is 188 Å². The Morgan fingerprint density at radius 3 is 2.77 bits per heavy atom. The van der Waals surface area contributed by atoms with E-state index >= 15 is 0 Å². The lowest BCUT2D eigenvalue weighted by molar-refractivity contribution is -0.137. The van der Waals surface area contributed by atoms with Crippen molar-refractivity contribution in [2.24, 2.45) is 0 Å². The third-order valence-electron chi connectivity index (χ3n) is 5.39. The van der Waals surface area contributed by atoms with Crippen LogP contribution in [0.15, 0.2) is 28.0 Å². The monoisotopic (exact) mass is 458 g/mol. The van der Waals surface area contributed by atoms with E-state index in [1.54, 1.807) is 18.3 Å². The molecule has 2 aromatic rings. The number of aryl methyl sites for hydroxylation is 1. The number of aliphatic carboxylic acids is 1. The SMILES string of the molecule is Cc1cccn2c(=O)c(/C=C3/SC(=S)N(CCCC(=O)O)C3=O)c(N3CCCC3)nc12. The molecule has 10 heteroatoms. The average Bonchev–Trinajstić information content (AvgIpc) is 3.34. The van der Waals surface area contributed by atoms with Crippen LogP contribution in [0.25, 0.3) is 11.7 Å². The first-order valence-corrected chi connectivity index (χ1v) is 11.3. The number of nitrogens with zero attached hydrogens (tertiary/aromatic N) is 4. The topological polar surface area (TPSA) is 95.2 Å². The van der Waals surface area contributed by atoms with E-state index in [1.807, 2.05) is 13.0 Å². The molecule has 2 aliphatic heterocycles. The van der Waals surface area contributed by atoms with Crippen molar-refractivity contribution in [1.29, 1.82) is 0 Å². The van der Waals surface area contributed by atoms with Crippen LogP contribution in [-0.2, 0) is 9.59 Å². The highest BCUT2D eigenvalue weighted by Gasteiger charge is 2.33. The Bertz CT molecular complexity index is 1170. The van der Waals surface area contributed by atoms with Gasteiger partial charge in [0.2, 0.25) is 0 Å². The molecule has 0 spiro atoms. The number of carboxylic acids is 1. The van der Waals surface area contributed by atoms with Crippen molar-refractivity contribution in [3.8, 4) is 0 Å². The molecule has 0 aliphatic carbocycles. The van der Waals surface area contributed by atoms with E-state index in [-0.39, 0.29) is 24.4 Å². The summed E-state index contributed by atoms with van der Waals surface area (Å²) in [4.78, 5) is 45.7. The van der Waals surface area contributed by atoms with Crippen LogP contribution in [0.2, 0.25) is 0 Å². The van der Waals surface area contributed by atoms with Crippen molar-refractivity contribution in [3.63, 3.8) is 0 Å². The Morgan fingerprint density at radius 1 is 1.32 bits per heavy atom. The number of anilines is 1. The Hall–Kier alpha value is -2.72. The van der Waals surface area contributed by atoms with Crippen LogP contribution < -0.4 is 10.5 Å². The zero-order valence-electron chi connectivity index (χ0n) is 17.0. The van der Waals surface area contributed by atoms with Crippen LogP contribution in [0.3, 0.4) is 0 Å². The van der Waals surface area contributed by atoms with E-state index in [0.29, 0.717) is 32.7 Å². The largest absolute Gasteiger partial charge is 0.481 e. The van der Waals surface area contributed by atoms with Gasteiger partial charge in [0.1, 0.15) is 15.8 Å². The van der Waals surface area contributed by atoms with E-state index in [0.717, 1.165) is 43.3 Å². The highest BCUT2D eigenvalue weighted by Crippen LogP contribution is 2.34. The molecule has 1 amide bonds. The van der Waals surface area contributed by atoms with Gasteiger partial charge >= 0.3 is 5.97 Å². The molecule has 0 radical (unpaired) electrons. The minimum absolute atomic E-state index is 0.0372. The fraction of sp³-hybridized carbons (Fsp3) is 0.381. The molecule has 2 aromatic heterocycles. The van der Waals surface area contributed by atoms with E-state index in [9.17, 15) is 14.4 Å². The second kappa shape index (κ2) is 8.80. The highest BCUT2D eigenvalue weighted by atomic mass is 32.2. The summed E-state index contributed by atoms with van der Waals surface area (Å²) in [5.74, 6) is -0.628. The van der Waals surface area contributed by atoms with Gasteiger partial charge in [-0.2, -0.15) is 0 Å². The van der Waals surface area contributed by atoms with Gasteiger partial charge in [-0.15, -0.1) is 0 Å². The number of carboxylic acid groups (broad SMARTS) is 1. The third kappa shape index (κ3) is 4.22. The average molecular weight is 459 g/mol. The summed E-state index contributed by atoms with van der Waals surface area (Å²) in [6, 6.07) is 3.71. The molecule has 4 rings (SSSR count). The number of pyridine rings is 1. The molecule has 1 N–H and O–H groups in total. The molecule has 162 valence electrons. The van der Waals surface area contributed by atoms with Crippen molar-refractivity contribution >= 4 is 57.7 Å². The standard InChI is InChI=1S/C21H22N4O4S2/c1-13-6-4-10-24-17(13)22-18(23-8-2-3-9-23)14(19(24)28)12-15-20(29)25(21(30)31-15)11-5-7-16(26)27/h4,6,10,12H,2-3,5,7-9,11H2,1H3,(H,26,27)/b15-12+. The summed E-state index contributed by atoms with van der Waals surface area (Å²) in [6.07, 6.45) is 5.60. The van der Waals surface area contributed by atoms with E-state index in [1.165, 1.54) is 9.30 Å². The number of carbonyl (C=O) groups excluding carboxylic acids is 1. The van der Waals surface area contributed by atoms with Crippen LogP contribution in [0.5, 0.6) is 0 Å². The lowest BCUT2D eigenvalue weighted by Crippen LogP contribution is -2.30. The fourth-order valence-corrected chi connectivity index (χ4v) is 5.10. The van der Waals surface area contributed by atoms with Gasteiger partial charge in [-0.1, -0.05) is 30.0 Å². The Kier molecular flexibility index (Phi) is 6.10. The summed E-state index contributed by atoms with van der Waals surface area (Å²) in [5.41, 5.74) is 1.65. The third-order valence-corrected chi connectivity index (χ3v) is 6.77. The molecule has 2 saturated heterocycles. The van der Waals surface area contributed by atoms with Gasteiger partial charge in [0.05, 0.1) is 10.5 Å². The molecule has 4 heterocycles. The maximum absolute atomic E-state index is 13.4. The molecule has 0 saturated carbocycles. The number of thioether (sulfide) groups is 1.